The van der Waals surface area contributed by atoms with E-state index in [1.54, 1.807) is 30.2 Å². The number of fused-ring (bicyclic) bond motifs is 1. The fourth-order valence-corrected chi connectivity index (χ4v) is 4.32. The Morgan fingerprint density at radius 1 is 1.28 bits per heavy atom. The molecule has 1 aromatic carbocycles. The Hall–Kier alpha value is -3.46. The van der Waals surface area contributed by atoms with Gasteiger partial charge < -0.3 is 14.2 Å². The van der Waals surface area contributed by atoms with Crippen LogP contribution in [0.4, 0.5) is 5.95 Å². The molecule has 1 aliphatic heterocycles. The molecule has 4 rings (SSSR count). The molecule has 0 radical (unpaired) electrons. The number of ether oxygens (including phenoxy) is 1. The van der Waals surface area contributed by atoms with Crippen LogP contribution in [0.25, 0.3) is 11.0 Å². The summed E-state index contributed by atoms with van der Waals surface area (Å²) in [4.78, 5) is 31.6. The van der Waals surface area contributed by atoms with Crippen molar-refractivity contribution in [3.8, 4) is 5.75 Å². The average molecular weight is 455 g/mol. The van der Waals surface area contributed by atoms with E-state index >= 15 is 0 Å². The molecule has 0 bridgehead atoms. The van der Waals surface area contributed by atoms with Gasteiger partial charge in [-0.1, -0.05) is 18.2 Å². The molecular formula is C22H23ClN6O3. The third-order valence-corrected chi connectivity index (χ3v) is 5.91. The van der Waals surface area contributed by atoms with E-state index < -0.39 is 0 Å². The van der Waals surface area contributed by atoms with Gasteiger partial charge in [0.15, 0.2) is 0 Å². The summed E-state index contributed by atoms with van der Waals surface area (Å²) >= 11 is 6.69. The summed E-state index contributed by atoms with van der Waals surface area (Å²) in [5, 5.41) is 10.7. The van der Waals surface area contributed by atoms with Gasteiger partial charge in [0.1, 0.15) is 10.8 Å². The van der Waals surface area contributed by atoms with Crippen LogP contribution >= 0.6 is 11.6 Å². The van der Waals surface area contributed by atoms with Crippen molar-refractivity contribution in [2.24, 2.45) is 0 Å². The zero-order valence-electron chi connectivity index (χ0n) is 17.6. The minimum absolute atomic E-state index is 0.126. The molecule has 1 saturated heterocycles. The first-order chi connectivity index (χ1) is 15.5. The van der Waals surface area contributed by atoms with Gasteiger partial charge in [-0.15, -0.1) is 0 Å². The maximum absolute atomic E-state index is 12.9. The average Bonchev–Trinajstić information content (AvgIpc) is 3.01. The Morgan fingerprint density at radius 2 is 2.12 bits per heavy atom. The summed E-state index contributed by atoms with van der Waals surface area (Å²) in [7, 11) is 1.54. The molecule has 10 heteroatoms. The maximum atomic E-state index is 12.9. The van der Waals surface area contributed by atoms with Gasteiger partial charge in [-0.25, -0.2) is 4.98 Å². The second-order valence-electron chi connectivity index (χ2n) is 7.48. The van der Waals surface area contributed by atoms with Gasteiger partial charge in [0.05, 0.1) is 42.1 Å². The lowest BCUT2D eigenvalue weighted by Gasteiger charge is -2.26. The van der Waals surface area contributed by atoms with Gasteiger partial charge in [-0.3, -0.25) is 14.9 Å². The van der Waals surface area contributed by atoms with Crippen LogP contribution in [-0.2, 0) is 4.79 Å². The summed E-state index contributed by atoms with van der Waals surface area (Å²) in [6.45, 7) is 4.71. The van der Waals surface area contributed by atoms with Crippen molar-refractivity contribution in [2.45, 2.75) is 25.3 Å². The lowest BCUT2D eigenvalue weighted by atomic mass is 10.1. The van der Waals surface area contributed by atoms with Crippen molar-refractivity contribution in [3.05, 3.63) is 53.8 Å². The lowest BCUT2D eigenvalue weighted by molar-refractivity contribution is -0.126. The van der Waals surface area contributed by atoms with E-state index in [1.165, 1.54) is 18.5 Å². The fraction of sp³-hybridized carbons (Fsp3) is 0.318. The van der Waals surface area contributed by atoms with Gasteiger partial charge in [0, 0.05) is 13.1 Å². The first-order valence-electron chi connectivity index (χ1n) is 10.3. The van der Waals surface area contributed by atoms with Gasteiger partial charge >= 0.3 is 0 Å². The summed E-state index contributed by atoms with van der Waals surface area (Å²) < 4.78 is 7.31. The molecule has 0 saturated carbocycles. The second-order valence-corrected chi connectivity index (χ2v) is 7.86. The zero-order chi connectivity index (χ0) is 22.7. The quantitative estimate of drug-likeness (QED) is 0.592. The van der Waals surface area contributed by atoms with Crippen LogP contribution in [0.2, 0.25) is 5.02 Å². The molecule has 3 heterocycles. The van der Waals surface area contributed by atoms with Crippen molar-refractivity contribution in [3.63, 3.8) is 0 Å². The number of carbonyl (C=O) groups is 2. The molecule has 32 heavy (non-hydrogen) atoms. The molecule has 1 N–H and O–H groups in total. The fourth-order valence-electron chi connectivity index (χ4n) is 3.99. The number of carbonyl (C=O) groups excluding carboxylic acids is 2. The number of anilines is 1. The van der Waals surface area contributed by atoms with E-state index in [9.17, 15) is 9.59 Å². The number of nitrogens with one attached hydrogen (secondary N) is 1. The molecule has 0 unspecified atom stereocenters. The van der Waals surface area contributed by atoms with Crippen molar-refractivity contribution in [1.82, 2.24) is 24.6 Å². The minimum atomic E-state index is -0.368. The molecule has 1 fully saturated rings. The van der Waals surface area contributed by atoms with E-state index in [-0.39, 0.29) is 17.9 Å². The largest absolute Gasteiger partial charge is 0.495 e. The number of hydrogen-bond donors (Lipinski definition) is 1. The van der Waals surface area contributed by atoms with Crippen molar-refractivity contribution in [2.75, 3.05) is 25.5 Å². The second kappa shape index (κ2) is 9.35. The molecule has 9 nitrogen and oxygen atoms in total. The minimum Gasteiger partial charge on any atom is -0.495 e. The SMILES string of the molecule is C=CC(=O)N1CCCC[C@@H](n2c(NC(=O)c3ccnnc3)nc3ccc(OC)c(Cl)c32)C1. The first kappa shape index (κ1) is 21.8. The predicted octanol–water partition coefficient (Wildman–Crippen LogP) is 3.48. The Labute approximate surface area is 190 Å². The van der Waals surface area contributed by atoms with Crippen LogP contribution < -0.4 is 10.1 Å². The van der Waals surface area contributed by atoms with Crippen LogP contribution in [0.5, 0.6) is 5.75 Å². The highest BCUT2D eigenvalue weighted by Crippen LogP contribution is 2.38. The van der Waals surface area contributed by atoms with Crippen LogP contribution in [-0.4, -0.2) is 56.7 Å². The number of halogens is 1. The van der Waals surface area contributed by atoms with Crippen LogP contribution in [0.3, 0.4) is 0 Å². The van der Waals surface area contributed by atoms with E-state index in [0.29, 0.717) is 46.4 Å². The van der Waals surface area contributed by atoms with Gasteiger partial charge in [0.25, 0.3) is 5.91 Å². The monoisotopic (exact) mass is 454 g/mol. The van der Waals surface area contributed by atoms with Gasteiger partial charge in [0.2, 0.25) is 11.9 Å². The topological polar surface area (TPSA) is 102 Å². The Balaban J connectivity index is 1.82. The molecule has 2 aromatic heterocycles. The Bertz CT molecular complexity index is 1160. The molecule has 0 aliphatic carbocycles. The van der Waals surface area contributed by atoms with E-state index in [2.05, 4.69) is 27.1 Å². The highest BCUT2D eigenvalue weighted by molar-refractivity contribution is 6.36. The summed E-state index contributed by atoms with van der Waals surface area (Å²) in [6.07, 6.45) is 6.74. The number of likely N-dealkylation sites (tertiary alicyclic amines) is 1. The van der Waals surface area contributed by atoms with E-state index in [0.717, 1.165) is 19.3 Å². The highest BCUT2D eigenvalue weighted by Gasteiger charge is 2.28. The number of amides is 2. The number of nitrogens with zero attached hydrogens (tertiary/aromatic N) is 5. The van der Waals surface area contributed by atoms with Gasteiger partial charge in [-0.05, 0) is 43.5 Å². The normalized spacial score (nSPS) is 16.4. The number of aromatic nitrogens is 4. The van der Waals surface area contributed by atoms with Crippen LogP contribution in [0, 0.1) is 0 Å². The first-order valence-corrected chi connectivity index (χ1v) is 10.6. The van der Waals surface area contributed by atoms with Crippen LogP contribution in [0.1, 0.15) is 35.7 Å². The van der Waals surface area contributed by atoms with Crippen molar-refractivity contribution >= 4 is 40.4 Å². The van der Waals surface area contributed by atoms with Crippen LogP contribution in [0.15, 0.2) is 43.2 Å². The number of rotatable bonds is 5. The molecule has 1 aliphatic rings. The number of imidazole rings is 1. The highest BCUT2D eigenvalue weighted by atomic mass is 35.5. The van der Waals surface area contributed by atoms with E-state index in [4.69, 9.17) is 16.3 Å². The summed E-state index contributed by atoms with van der Waals surface area (Å²) in [6, 6.07) is 4.95. The van der Waals surface area contributed by atoms with Crippen molar-refractivity contribution in [1.29, 1.82) is 0 Å². The third kappa shape index (κ3) is 4.16. The molecule has 166 valence electrons. The molecule has 1 atom stereocenters. The predicted molar refractivity (Wildman–Crippen MR) is 121 cm³/mol. The zero-order valence-corrected chi connectivity index (χ0v) is 18.4. The number of benzene rings is 1. The van der Waals surface area contributed by atoms with Gasteiger partial charge in [-0.2, -0.15) is 10.2 Å². The maximum Gasteiger partial charge on any atom is 0.259 e. The smallest absolute Gasteiger partial charge is 0.259 e. The Morgan fingerprint density at radius 3 is 2.84 bits per heavy atom. The molecule has 3 aromatic rings. The Kier molecular flexibility index (Phi) is 6.36. The molecule has 0 spiro atoms. The molecular weight excluding hydrogens is 432 g/mol. The third-order valence-electron chi connectivity index (χ3n) is 5.54. The standard InChI is InChI=1S/C22H23ClN6O3/c1-3-18(30)28-11-5-4-6-15(13-28)29-20-16(7-8-17(32-2)19(20)23)26-22(29)27-21(31)14-9-10-24-25-12-14/h3,7-10,12,15H,1,4-6,11,13H2,2H3,(H,26,27,31)/t15-/m1/s1. The van der Waals surface area contributed by atoms with Crippen molar-refractivity contribution < 1.29 is 14.3 Å². The number of methoxy groups -OCH3 is 1. The lowest BCUT2D eigenvalue weighted by Crippen LogP contribution is -2.34. The molecule has 2 amide bonds. The number of hydrogen-bond acceptors (Lipinski definition) is 6. The van der Waals surface area contributed by atoms with E-state index in [1.807, 2.05) is 4.57 Å². The summed E-state index contributed by atoms with van der Waals surface area (Å²) in [5.74, 6) is 0.352. The summed E-state index contributed by atoms with van der Waals surface area (Å²) in [5.41, 5.74) is 1.61.